The number of amides is 1. The van der Waals surface area contributed by atoms with E-state index in [4.69, 9.17) is 9.72 Å². The van der Waals surface area contributed by atoms with Crippen LogP contribution in [-0.2, 0) is 4.74 Å². The zero-order valence-electron chi connectivity index (χ0n) is 20.3. The topological polar surface area (TPSA) is 75.5 Å². The van der Waals surface area contributed by atoms with Crippen LogP contribution in [0, 0.1) is 0 Å². The highest BCUT2D eigenvalue weighted by Gasteiger charge is 2.26. The average molecular weight is 463 g/mol. The number of hydrogen-bond acceptors (Lipinski definition) is 6. The second-order valence-electron chi connectivity index (χ2n) is 10.3. The van der Waals surface area contributed by atoms with Crippen LogP contribution in [0.2, 0.25) is 0 Å². The first-order valence-electron chi connectivity index (χ1n) is 12.3. The third-order valence-electron chi connectivity index (χ3n) is 6.59. The van der Waals surface area contributed by atoms with Crippen molar-refractivity contribution >= 4 is 34.4 Å². The quantitative estimate of drug-likeness (QED) is 0.564. The summed E-state index contributed by atoms with van der Waals surface area (Å²) in [5.41, 5.74) is 2.63. The van der Waals surface area contributed by atoms with Crippen molar-refractivity contribution < 1.29 is 9.53 Å². The molecule has 5 rings (SSSR count). The van der Waals surface area contributed by atoms with E-state index in [1.54, 1.807) is 4.90 Å². The molecule has 8 nitrogen and oxygen atoms in total. The summed E-state index contributed by atoms with van der Waals surface area (Å²) in [5.74, 6) is 0.615. The maximum atomic E-state index is 12.3. The van der Waals surface area contributed by atoms with Gasteiger partial charge in [0.1, 0.15) is 11.2 Å². The van der Waals surface area contributed by atoms with E-state index in [0.717, 1.165) is 35.5 Å². The van der Waals surface area contributed by atoms with Crippen molar-refractivity contribution in [2.45, 2.75) is 58.1 Å². The molecule has 2 aliphatic rings. The SMILES string of the molecule is CC(C)(C)OC(=O)N1CCN(c2ccc(Nc3ncc4ccn(C5CCCC5)c4n3)cc2)CC1. The van der Waals surface area contributed by atoms with E-state index in [2.05, 4.69) is 56.3 Å². The third kappa shape index (κ3) is 4.95. The monoisotopic (exact) mass is 462 g/mol. The summed E-state index contributed by atoms with van der Waals surface area (Å²) in [6.07, 6.45) is 8.85. The molecule has 1 amide bonds. The molecule has 2 aromatic heterocycles. The van der Waals surface area contributed by atoms with Gasteiger partial charge in [0, 0.05) is 61.4 Å². The number of aromatic nitrogens is 3. The number of fused-ring (bicyclic) bond motifs is 1. The Balaban J connectivity index is 1.21. The van der Waals surface area contributed by atoms with Crippen LogP contribution in [-0.4, -0.2) is 57.3 Å². The zero-order chi connectivity index (χ0) is 23.7. The van der Waals surface area contributed by atoms with E-state index in [0.29, 0.717) is 25.1 Å². The van der Waals surface area contributed by atoms with Crippen LogP contribution in [0.25, 0.3) is 11.0 Å². The first-order valence-corrected chi connectivity index (χ1v) is 12.3. The Labute approximate surface area is 200 Å². The summed E-state index contributed by atoms with van der Waals surface area (Å²) in [4.78, 5) is 25.7. The molecule has 8 heteroatoms. The molecule has 3 heterocycles. The van der Waals surface area contributed by atoms with Gasteiger partial charge in [0.25, 0.3) is 0 Å². The van der Waals surface area contributed by atoms with Gasteiger partial charge in [0.2, 0.25) is 5.95 Å². The highest BCUT2D eigenvalue weighted by Crippen LogP contribution is 2.32. The normalized spacial score (nSPS) is 17.4. The lowest BCUT2D eigenvalue weighted by atomic mass is 10.2. The summed E-state index contributed by atoms with van der Waals surface area (Å²) in [6, 6.07) is 11.0. The second-order valence-corrected chi connectivity index (χ2v) is 10.3. The lowest BCUT2D eigenvalue weighted by molar-refractivity contribution is 0.0240. The van der Waals surface area contributed by atoms with Crippen molar-refractivity contribution in [2.24, 2.45) is 0 Å². The number of anilines is 3. The molecule has 1 aliphatic carbocycles. The smallest absolute Gasteiger partial charge is 0.410 e. The molecular formula is C26H34N6O2. The fourth-order valence-electron chi connectivity index (χ4n) is 4.83. The maximum absolute atomic E-state index is 12.3. The van der Waals surface area contributed by atoms with Gasteiger partial charge in [-0.25, -0.2) is 9.78 Å². The molecule has 0 spiro atoms. The van der Waals surface area contributed by atoms with Crippen molar-refractivity contribution in [1.82, 2.24) is 19.4 Å². The minimum absolute atomic E-state index is 0.234. The standard InChI is InChI=1S/C26H34N6O2/c1-26(2,3)34-25(33)31-16-14-30(15-17-31)21-10-8-20(9-11-21)28-24-27-18-19-12-13-32(23(19)29-24)22-6-4-5-7-22/h8-13,18,22H,4-7,14-17H2,1-3H3,(H,27,28,29). The fourth-order valence-corrected chi connectivity index (χ4v) is 4.83. The van der Waals surface area contributed by atoms with Gasteiger partial charge in [0.05, 0.1) is 0 Å². The first-order chi connectivity index (χ1) is 16.4. The van der Waals surface area contributed by atoms with Crippen LogP contribution in [0.15, 0.2) is 42.7 Å². The number of nitrogens with one attached hydrogen (secondary N) is 1. The number of ether oxygens (including phenoxy) is 1. The molecule has 0 radical (unpaired) electrons. The van der Waals surface area contributed by atoms with Gasteiger partial charge in [-0.15, -0.1) is 0 Å². The molecule has 0 unspecified atom stereocenters. The highest BCUT2D eigenvalue weighted by atomic mass is 16.6. The van der Waals surface area contributed by atoms with Crippen LogP contribution in [0.3, 0.4) is 0 Å². The summed E-state index contributed by atoms with van der Waals surface area (Å²) < 4.78 is 7.81. The Hall–Kier alpha value is -3.29. The molecule has 1 saturated heterocycles. The van der Waals surface area contributed by atoms with E-state index in [1.807, 2.05) is 27.0 Å². The number of carbonyl (C=O) groups excluding carboxylic acids is 1. The lowest BCUT2D eigenvalue weighted by Crippen LogP contribution is -2.50. The van der Waals surface area contributed by atoms with Gasteiger partial charge in [-0.05, 0) is 63.9 Å². The van der Waals surface area contributed by atoms with Crippen LogP contribution in [0.1, 0.15) is 52.5 Å². The average Bonchev–Trinajstić information content (AvgIpc) is 3.48. The van der Waals surface area contributed by atoms with Crippen molar-refractivity contribution in [3.63, 3.8) is 0 Å². The van der Waals surface area contributed by atoms with E-state index in [-0.39, 0.29) is 6.09 Å². The van der Waals surface area contributed by atoms with Gasteiger partial charge in [-0.1, -0.05) is 12.8 Å². The Bertz CT molecular complexity index is 1140. The zero-order valence-corrected chi connectivity index (χ0v) is 20.3. The van der Waals surface area contributed by atoms with Crippen LogP contribution in [0.5, 0.6) is 0 Å². The molecule has 1 saturated carbocycles. The number of nitrogens with zero attached hydrogens (tertiary/aromatic N) is 5. The predicted octanol–water partition coefficient (Wildman–Crippen LogP) is 5.35. The van der Waals surface area contributed by atoms with E-state index < -0.39 is 5.60 Å². The third-order valence-corrected chi connectivity index (χ3v) is 6.59. The van der Waals surface area contributed by atoms with Crippen LogP contribution < -0.4 is 10.2 Å². The summed E-state index contributed by atoms with van der Waals surface area (Å²) in [6.45, 7) is 8.56. The lowest BCUT2D eigenvalue weighted by Gasteiger charge is -2.36. The summed E-state index contributed by atoms with van der Waals surface area (Å²) in [7, 11) is 0. The summed E-state index contributed by atoms with van der Waals surface area (Å²) in [5, 5.41) is 4.44. The maximum Gasteiger partial charge on any atom is 0.410 e. The number of benzene rings is 1. The first kappa shape index (κ1) is 22.5. The predicted molar refractivity (Wildman–Crippen MR) is 135 cm³/mol. The van der Waals surface area contributed by atoms with Gasteiger partial charge in [-0.3, -0.25) is 0 Å². The number of carbonyl (C=O) groups is 1. The summed E-state index contributed by atoms with van der Waals surface area (Å²) >= 11 is 0. The molecule has 0 bridgehead atoms. The Morgan fingerprint density at radius 2 is 1.74 bits per heavy atom. The van der Waals surface area contributed by atoms with Gasteiger partial charge in [0.15, 0.2) is 0 Å². The Morgan fingerprint density at radius 3 is 2.41 bits per heavy atom. The minimum atomic E-state index is -0.467. The Morgan fingerprint density at radius 1 is 1.03 bits per heavy atom. The van der Waals surface area contributed by atoms with E-state index >= 15 is 0 Å². The van der Waals surface area contributed by atoms with Crippen LogP contribution in [0.4, 0.5) is 22.1 Å². The van der Waals surface area contributed by atoms with Crippen molar-refractivity contribution in [3.05, 3.63) is 42.7 Å². The van der Waals surface area contributed by atoms with E-state index in [9.17, 15) is 4.79 Å². The molecule has 3 aromatic rings. The molecule has 180 valence electrons. The van der Waals surface area contributed by atoms with Crippen molar-refractivity contribution in [3.8, 4) is 0 Å². The molecule has 2 fully saturated rings. The van der Waals surface area contributed by atoms with Gasteiger partial charge < -0.3 is 24.4 Å². The van der Waals surface area contributed by atoms with Crippen molar-refractivity contribution in [1.29, 1.82) is 0 Å². The molecule has 1 aromatic carbocycles. The van der Waals surface area contributed by atoms with E-state index in [1.165, 1.54) is 25.7 Å². The largest absolute Gasteiger partial charge is 0.444 e. The number of hydrogen-bond donors (Lipinski definition) is 1. The molecule has 1 aliphatic heterocycles. The Kier molecular flexibility index (Phi) is 6.06. The molecule has 34 heavy (non-hydrogen) atoms. The minimum Gasteiger partial charge on any atom is -0.444 e. The van der Waals surface area contributed by atoms with Crippen molar-refractivity contribution in [2.75, 3.05) is 36.4 Å². The molecular weight excluding hydrogens is 428 g/mol. The van der Waals surface area contributed by atoms with Gasteiger partial charge in [-0.2, -0.15) is 4.98 Å². The highest BCUT2D eigenvalue weighted by molar-refractivity contribution is 5.77. The molecule has 0 atom stereocenters. The number of piperazine rings is 1. The van der Waals surface area contributed by atoms with Gasteiger partial charge >= 0.3 is 6.09 Å². The van der Waals surface area contributed by atoms with Crippen LogP contribution >= 0.6 is 0 Å². The number of rotatable bonds is 4. The second kappa shape index (κ2) is 9.16. The molecule has 1 N–H and O–H groups in total. The fraction of sp³-hybridized carbons (Fsp3) is 0.500.